The van der Waals surface area contributed by atoms with Crippen molar-refractivity contribution in [3.8, 4) is 0 Å². The van der Waals surface area contributed by atoms with E-state index < -0.39 is 17.5 Å². The maximum absolute atomic E-state index is 13.5. The lowest BCUT2D eigenvalue weighted by Crippen LogP contribution is -2.24. The van der Waals surface area contributed by atoms with Crippen molar-refractivity contribution in [3.63, 3.8) is 0 Å². The normalized spacial score (nSPS) is 14.1. The molecular formula is C17H17F2N3O. The Morgan fingerprint density at radius 1 is 1.17 bits per heavy atom. The first-order valence-electron chi connectivity index (χ1n) is 7.56. The Bertz CT molecular complexity index is 697. The molecule has 23 heavy (non-hydrogen) atoms. The molecule has 1 aliphatic heterocycles. The van der Waals surface area contributed by atoms with Crippen LogP contribution in [0.15, 0.2) is 36.5 Å². The number of nitrogens with zero attached hydrogens (tertiary/aromatic N) is 2. The van der Waals surface area contributed by atoms with Crippen molar-refractivity contribution in [1.82, 2.24) is 10.3 Å². The third-order valence-electron chi connectivity index (χ3n) is 3.87. The van der Waals surface area contributed by atoms with Gasteiger partial charge in [-0.25, -0.2) is 13.8 Å². The molecule has 1 aromatic heterocycles. The minimum absolute atomic E-state index is 0.210. The topological polar surface area (TPSA) is 45.2 Å². The third-order valence-corrected chi connectivity index (χ3v) is 3.87. The molecule has 0 bridgehead atoms. The van der Waals surface area contributed by atoms with Crippen LogP contribution >= 0.6 is 0 Å². The van der Waals surface area contributed by atoms with E-state index in [-0.39, 0.29) is 12.1 Å². The number of benzene rings is 1. The molecule has 6 heteroatoms. The predicted molar refractivity (Wildman–Crippen MR) is 83.2 cm³/mol. The van der Waals surface area contributed by atoms with Crippen molar-refractivity contribution in [2.24, 2.45) is 0 Å². The van der Waals surface area contributed by atoms with Crippen LogP contribution in [-0.2, 0) is 6.54 Å². The minimum Gasteiger partial charge on any atom is -0.357 e. The highest BCUT2D eigenvalue weighted by Gasteiger charge is 2.14. The number of hydrogen-bond donors (Lipinski definition) is 1. The van der Waals surface area contributed by atoms with Gasteiger partial charge in [0.25, 0.3) is 5.91 Å². The van der Waals surface area contributed by atoms with Crippen LogP contribution in [0, 0.1) is 11.6 Å². The van der Waals surface area contributed by atoms with Crippen LogP contribution in [0.5, 0.6) is 0 Å². The molecule has 1 aliphatic rings. The van der Waals surface area contributed by atoms with Crippen LogP contribution in [-0.4, -0.2) is 24.0 Å². The zero-order valence-corrected chi connectivity index (χ0v) is 12.6. The molecule has 0 atom stereocenters. The highest BCUT2D eigenvalue weighted by molar-refractivity contribution is 5.94. The molecule has 0 unspecified atom stereocenters. The molecule has 0 spiro atoms. The first-order valence-corrected chi connectivity index (χ1v) is 7.56. The molecule has 120 valence electrons. The van der Waals surface area contributed by atoms with Gasteiger partial charge in [-0.1, -0.05) is 6.07 Å². The summed E-state index contributed by atoms with van der Waals surface area (Å²) in [7, 11) is 0. The van der Waals surface area contributed by atoms with Gasteiger partial charge in [-0.2, -0.15) is 0 Å². The van der Waals surface area contributed by atoms with Crippen LogP contribution < -0.4 is 10.2 Å². The minimum atomic E-state index is -0.744. The summed E-state index contributed by atoms with van der Waals surface area (Å²) in [5, 5.41) is 2.57. The van der Waals surface area contributed by atoms with Gasteiger partial charge >= 0.3 is 0 Å². The van der Waals surface area contributed by atoms with Crippen molar-refractivity contribution in [3.05, 3.63) is 59.3 Å². The second kappa shape index (κ2) is 6.73. The number of halogens is 2. The second-order valence-corrected chi connectivity index (χ2v) is 5.53. The third kappa shape index (κ3) is 3.64. The van der Waals surface area contributed by atoms with Crippen molar-refractivity contribution in [2.75, 3.05) is 18.0 Å². The number of nitrogens with one attached hydrogen (secondary N) is 1. The number of aromatic nitrogens is 1. The molecular weight excluding hydrogens is 300 g/mol. The van der Waals surface area contributed by atoms with E-state index in [0.29, 0.717) is 0 Å². The van der Waals surface area contributed by atoms with E-state index in [1.54, 1.807) is 6.20 Å². The van der Waals surface area contributed by atoms with Crippen LogP contribution in [0.4, 0.5) is 14.6 Å². The van der Waals surface area contributed by atoms with Crippen molar-refractivity contribution in [1.29, 1.82) is 0 Å². The summed E-state index contributed by atoms with van der Waals surface area (Å²) in [5.41, 5.74) is 0.504. The van der Waals surface area contributed by atoms with Crippen LogP contribution in [0.1, 0.15) is 28.8 Å². The lowest BCUT2D eigenvalue weighted by molar-refractivity contribution is 0.0946. The molecule has 1 fully saturated rings. The fraction of sp³-hybridized carbons (Fsp3) is 0.294. The quantitative estimate of drug-likeness (QED) is 0.943. The number of anilines is 1. The smallest absolute Gasteiger partial charge is 0.254 e. The fourth-order valence-electron chi connectivity index (χ4n) is 2.60. The molecule has 1 N–H and O–H groups in total. The number of carbonyl (C=O) groups is 1. The van der Waals surface area contributed by atoms with Gasteiger partial charge in [0.1, 0.15) is 17.5 Å². The average Bonchev–Trinajstić information content (AvgIpc) is 3.10. The van der Waals surface area contributed by atoms with E-state index >= 15 is 0 Å². The van der Waals surface area contributed by atoms with Gasteiger partial charge in [-0.15, -0.1) is 0 Å². The summed E-state index contributed by atoms with van der Waals surface area (Å²) in [5.74, 6) is -1.11. The van der Waals surface area contributed by atoms with E-state index in [9.17, 15) is 13.6 Å². The molecule has 1 saturated heterocycles. The Hall–Kier alpha value is -2.50. The fourth-order valence-corrected chi connectivity index (χ4v) is 2.60. The van der Waals surface area contributed by atoms with Gasteiger partial charge in [-0.3, -0.25) is 4.79 Å². The lowest BCUT2D eigenvalue weighted by Gasteiger charge is -2.16. The largest absolute Gasteiger partial charge is 0.357 e. The highest BCUT2D eigenvalue weighted by atomic mass is 19.1. The van der Waals surface area contributed by atoms with Gasteiger partial charge in [0.2, 0.25) is 0 Å². The average molecular weight is 317 g/mol. The highest BCUT2D eigenvalue weighted by Crippen LogP contribution is 2.17. The molecule has 1 aromatic carbocycles. The van der Waals surface area contributed by atoms with Gasteiger partial charge in [0, 0.05) is 25.8 Å². The van der Waals surface area contributed by atoms with Crippen LogP contribution in [0.2, 0.25) is 0 Å². The van der Waals surface area contributed by atoms with Crippen LogP contribution in [0.25, 0.3) is 0 Å². The van der Waals surface area contributed by atoms with Gasteiger partial charge in [-0.05, 0) is 42.7 Å². The maximum Gasteiger partial charge on any atom is 0.254 e. The summed E-state index contributed by atoms with van der Waals surface area (Å²) >= 11 is 0. The molecule has 3 rings (SSSR count). The summed E-state index contributed by atoms with van der Waals surface area (Å²) in [6.07, 6.45) is 4.05. The van der Waals surface area contributed by atoms with Gasteiger partial charge in [0.05, 0.1) is 5.56 Å². The van der Waals surface area contributed by atoms with Gasteiger partial charge in [0.15, 0.2) is 0 Å². The number of rotatable bonds is 4. The molecule has 1 amide bonds. The summed E-state index contributed by atoms with van der Waals surface area (Å²) in [6, 6.07) is 6.60. The molecule has 0 saturated carbocycles. The zero-order valence-electron chi connectivity index (χ0n) is 12.6. The summed E-state index contributed by atoms with van der Waals surface area (Å²) in [4.78, 5) is 18.5. The Balaban J connectivity index is 1.61. The number of carbonyl (C=O) groups excluding carboxylic acids is 1. The first-order chi connectivity index (χ1) is 11.1. The SMILES string of the molecule is O=C(NCc1ccc(N2CCCC2)nc1)c1cc(F)ccc1F. The van der Waals surface area contributed by atoms with Crippen molar-refractivity contribution >= 4 is 11.7 Å². The molecule has 2 heterocycles. The molecule has 0 radical (unpaired) electrons. The van der Waals surface area contributed by atoms with E-state index in [1.807, 2.05) is 12.1 Å². The lowest BCUT2D eigenvalue weighted by atomic mass is 10.2. The van der Waals surface area contributed by atoms with E-state index in [1.165, 1.54) is 12.8 Å². The van der Waals surface area contributed by atoms with Crippen LogP contribution in [0.3, 0.4) is 0 Å². The first kappa shape index (κ1) is 15.4. The number of hydrogen-bond acceptors (Lipinski definition) is 3. The molecule has 2 aromatic rings. The van der Waals surface area contributed by atoms with Gasteiger partial charge < -0.3 is 10.2 Å². The second-order valence-electron chi connectivity index (χ2n) is 5.53. The Morgan fingerprint density at radius 3 is 2.65 bits per heavy atom. The van der Waals surface area contributed by atoms with Crippen molar-refractivity contribution < 1.29 is 13.6 Å². The molecule has 0 aliphatic carbocycles. The van der Waals surface area contributed by atoms with E-state index in [4.69, 9.17) is 0 Å². The Morgan fingerprint density at radius 2 is 1.96 bits per heavy atom. The van der Waals surface area contributed by atoms with E-state index in [0.717, 1.165) is 42.7 Å². The van der Waals surface area contributed by atoms with E-state index in [2.05, 4.69) is 15.2 Å². The standard InChI is InChI=1S/C17H17F2N3O/c18-13-4-5-15(19)14(9-13)17(23)21-11-12-3-6-16(20-10-12)22-7-1-2-8-22/h3-6,9-10H,1-2,7-8,11H2,(H,21,23). The summed E-state index contributed by atoms with van der Waals surface area (Å²) < 4.78 is 26.6. The maximum atomic E-state index is 13.5. The Labute approximate surface area is 133 Å². The van der Waals surface area contributed by atoms with Crippen molar-refractivity contribution in [2.45, 2.75) is 19.4 Å². The monoisotopic (exact) mass is 317 g/mol. The Kier molecular flexibility index (Phi) is 4.50. The predicted octanol–water partition coefficient (Wildman–Crippen LogP) is 2.89. The molecule has 4 nitrogen and oxygen atoms in total. The number of pyridine rings is 1. The summed E-state index contributed by atoms with van der Waals surface area (Å²) in [6.45, 7) is 2.24. The number of amides is 1. The zero-order chi connectivity index (χ0) is 16.2.